The van der Waals surface area contributed by atoms with Gasteiger partial charge in [-0.05, 0) is 41.8 Å². The molecular formula is C17H21NO2. The normalized spacial score (nSPS) is 10.3. The van der Waals surface area contributed by atoms with Gasteiger partial charge in [0.25, 0.3) is 0 Å². The van der Waals surface area contributed by atoms with Crippen molar-refractivity contribution in [3.63, 3.8) is 0 Å². The van der Waals surface area contributed by atoms with Crippen molar-refractivity contribution in [2.24, 2.45) is 0 Å². The lowest BCUT2D eigenvalue weighted by Gasteiger charge is -2.10. The van der Waals surface area contributed by atoms with Gasteiger partial charge in [0.15, 0.2) is 0 Å². The Kier molecular flexibility index (Phi) is 5.02. The second-order valence-corrected chi connectivity index (χ2v) is 4.79. The van der Waals surface area contributed by atoms with Crippen LogP contribution in [0.25, 0.3) is 0 Å². The van der Waals surface area contributed by atoms with Crippen LogP contribution in [0.5, 0.6) is 5.75 Å². The van der Waals surface area contributed by atoms with Gasteiger partial charge in [-0.25, -0.2) is 0 Å². The summed E-state index contributed by atoms with van der Waals surface area (Å²) in [6, 6.07) is 14.6. The van der Waals surface area contributed by atoms with E-state index in [1.807, 2.05) is 19.1 Å². The number of aryl methyl sites for hydroxylation is 1. The molecule has 0 saturated carbocycles. The van der Waals surface area contributed by atoms with Crippen LogP contribution in [-0.4, -0.2) is 14.2 Å². The molecule has 0 heterocycles. The zero-order valence-electron chi connectivity index (χ0n) is 12.3. The second kappa shape index (κ2) is 6.96. The van der Waals surface area contributed by atoms with Crippen LogP contribution >= 0.6 is 0 Å². The lowest BCUT2D eigenvalue weighted by molar-refractivity contribution is 0.185. The topological polar surface area (TPSA) is 30.5 Å². The van der Waals surface area contributed by atoms with E-state index in [2.05, 4.69) is 35.6 Å². The minimum Gasteiger partial charge on any atom is -0.496 e. The van der Waals surface area contributed by atoms with E-state index in [-0.39, 0.29) is 0 Å². The Bertz CT molecular complexity index is 549. The van der Waals surface area contributed by atoms with Gasteiger partial charge in [0.1, 0.15) is 5.75 Å². The maximum Gasteiger partial charge on any atom is 0.121 e. The first-order valence-electron chi connectivity index (χ1n) is 6.68. The fourth-order valence-electron chi connectivity index (χ4n) is 2.11. The monoisotopic (exact) mass is 271 g/mol. The maximum absolute atomic E-state index is 5.26. The number of hydrogen-bond acceptors (Lipinski definition) is 3. The number of anilines is 1. The number of rotatable bonds is 6. The van der Waals surface area contributed by atoms with E-state index >= 15 is 0 Å². The molecule has 106 valence electrons. The van der Waals surface area contributed by atoms with Gasteiger partial charge in [0.2, 0.25) is 0 Å². The maximum atomic E-state index is 5.26. The summed E-state index contributed by atoms with van der Waals surface area (Å²) in [6.07, 6.45) is 0. The summed E-state index contributed by atoms with van der Waals surface area (Å²) >= 11 is 0. The van der Waals surface area contributed by atoms with Crippen LogP contribution in [0.2, 0.25) is 0 Å². The molecule has 2 aromatic carbocycles. The van der Waals surface area contributed by atoms with Gasteiger partial charge in [-0.2, -0.15) is 0 Å². The number of ether oxygens (including phenoxy) is 2. The standard InChI is InChI=1S/C17H21NO2/c1-13-10-16(8-9-17(13)20-3)18-11-14-4-6-15(7-5-14)12-19-2/h4-10,18H,11-12H2,1-3H3. The fraction of sp³-hybridized carbons (Fsp3) is 0.294. The van der Waals surface area contributed by atoms with Crippen LogP contribution in [0.4, 0.5) is 5.69 Å². The summed E-state index contributed by atoms with van der Waals surface area (Å²) in [7, 11) is 3.40. The zero-order valence-corrected chi connectivity index (χ0v) is 12.3. The number of hydrogen-bond donors (Lipinski definition) is 1. The van der Waals surface area contributed by atoms with Crippen LogP contribution in [0.1, 0.15) is 16.7 Å². The Hall–Kier alpha value is -2.00. The van der Waals surface area contributed by atoms with Gasteiger partial charge in [0.05, 0.1) is 13.7 Å². The van der Waals surface area contributed by atoms with Crippen LogP contribution in [0.15, 0.2) is 42.5 Å². The van der Waals surface area contributed by atoms with Crippen molar-refractivity contribution in [3.05, 3.63) is 59.2 Å². The highest BCUT2D eigenvalue weighted by Gasteiger charge is 2.00. The first-order chi connectivity index (χ1) is 9.72. The molecule has 3 heteroatoms. The molecule has 0 bridgehead atoms. The lowest BCUT2D eigenvalue weighted by atomic mass is 10.1. The Morgan fingerprint density at radius 3 is 2.25 bits per heavy atom. The molecule has 0 fully saturated rings. The van der Waals surface area contributed by atoms with Crippen molar-refractivity contribution in [1.29, 1.82) is 0 Å². The van der Waals surface area contributed by atoms with Crippen LogP contribution in [0, 0.1) is 6.92 Å². The molecule has 0 amide bonds. The SMILES string of the molecule is COCc1ccc(CNc2ccc(OC)c(C)c2)cc1. The van der Waals surface area contributed by atoms with Gasteiger partial charge >= 0.3 is 0 Å². The third-order valence-corrected chi connectivity index (χ3v) is 3.23. The van der Waals surface area contributed by atoms with Crippen LogP contribution in [0.3, 0.4) is 0 Å². The summed E-state index contributed by atoms with van der Waals surface area (Å²) < 4.78 is 10.4. The van der Waals surface area contributed by atoms with Crippen molar-refractivity contribution in [3.8, 4) is 5.75 Å². The van der Waals surface area contributed by atoms with Crippen molar-refractivity contribution >= 4 is 5.69 Å². The molecule has 0 atom stereocenters. The van der Waals surface area contributed by atoms with Crippen molar-refractivity contribution < 1.29 is 9.47 Å². The predicted octanol–water partition coefficient (Wildman–Crippen LogP) is 3.76. The van der Waals surface area contributed by atoms with E-state index in [1.165, 1.54) is 11.1 Å². The summed E-state index contributed by atoms with van der Waals surface area (Å²) in [4.78, 5) is 0. The molecule has 3 nitrogen and oxygen atoms in total. The first kappa shape index (κ1) is 14.4. The van der Waals surface area contributed by atoms with E-state index in [4.69, 9.17) is 9.47 Å². The average Bonchev–Trinajstić information content (AvgIpc) is 2.47. The Labute approximate surface area is 120 Å². The summed E-state index contributed by atoms with van der Waals surface area (Å²) in [6.45, 7) is 3.51. The summed E-state index contributed by atoms with van der Waals surface area (Å²) in [5.41, 5.74) is 4.67. The van der Waals surface area contributed by atoms with E-state index in [9.17, 15) is 0 Å². The lowest BCUT2D eigenvalue weighted by Crippen LogP contribution is -2.00. The Balaban J connectivity index is 1.96. The molecule has 0 aromatic heterocycles. The molecule has 0 unspecified atom stereocenters. The van der Waals surface area contributed by atoms with Crippen molar-refractivity contribution in [2.45, 2.75) is 20.1 Å². The number of methoxy groups -OCH3 is 2. The van der Waals surface area contributed by atoms with Crippen molar-refractivity contribution in [2.75, 3.05) is 19.5 Å². The fourth-order valence-corrected chi connectivity index (χ4v) is 2.11. The Morgan fingerprint density at radius 2 is 1.65 bits per heavy atom. The molecule has 0 aliphatic rings. The molecule has 0 spiro atoms. The quantitative estimate of drug-likeness (QED) is 0.867. The molecule has 2 aromatic rings. The largest absolute Gasteiger partial charge is 0.496 e. The summed E-state index contributed by atoms with van der Waals surface area (Å²) in [5.74, 6) is 0.916. The number of nitrogens with one attached hydrogen (secondary N) is 1. The van der Waals surface area contributed by atoms with Crippen LogP contribution in [-0.2, 0) is 17.9 Å². The minimum absolute atomic E-state index is 0.658. The zero-order chi connectivity index (χ0) is 14.4. The third kappa shape index (κ3) is 3.75. The molecule has 2 rings (SSSR count). The van der Waals surface area contributed by atoms with Crippen molar-refractivity contribution in [1.82, 2.24) is 0 Å². The molecule has 0 saturated heterocycles. The molecule has 0 radical (unpaired) electrons. The van der Waals surface area contributed by atoms with E-state index < -0.39 is 0 Å². The minimum atomic E-state index is 0.658. The van der Waals surface area contributed by atoms with E-state index in [0.717, 1.165) is 23.5 Å². The van der Waals surface area contributed by atoms with Gasteiger partial charge < -0.3 is 14.8 Å². The summed E-state index contributed by atoms with van der Waals surface area (Å²) in [5, 5.41) is 3.42. The highest BCUT2D eigenvalue weighted by atomic mass is 16.5. The smallest absolute Gasteiger partial charge is 0.121 e. The van der Waals surface area contributed by atoms with E-state index in [0.29, 0.717) is 6.61 Å². The van der Waals surface area contributed by atoms with Gasteiger partial charge in [-0.3, -0.25) is 0 Å². The van der Waals surface area contributed by atoms with Gasteiger partial charge in [-0.15, -0.1) is 0 Å². The predicted molar refractivity (Wildman–Crippen MR) is 82.2 cm³/mol. The molecule has 0 aliphatic heterocycles. The number of benzene rings is 2. The molecule has 20 heavy (non-hydrogen) atoms. The molecule has 1 N–H and O–H groups in total. The highest BCUT2D eigenvalue weighted by Crippen LogP contribution is 2.21. The third-order valence-electron chi connectivity index (χ3n) is 3.23. The molecule has 0 aliphatic carbocycles. The first-order valence-corrected chi connectivity index (χ1v) is 6.68. The molecular weight excluding hydrogens is 250 g/mol. The average molecular weight is 271 g/mol. The second-order valence-electron chi connectivity index (χ2n) is 4.79. The van der Waals surface area contributed by atoms with Gasteiger partial charge in [0, 0.05) is 19.3 Å². The highest BCUT2D eigenvalue weighted by molar-refractivity contribution is 5.51. The van der Waals surface area contributed by atoms with Gasteiger partial charge in [-0.1, -0.05) is 24.3 Å². The van der Waals surface area contributed by atoms with Crippen LogP contribution < -0.4 is 10.1 Å². The Morgan fingerprint density at radius 1 is 0.950 bits per heavy atom. The van der Waals surface area contributed by atoms with E-state index in [1.54, 1.807) is 14.2 Å².